The maximum atomic E-state index is 12.5. The highest BCUT2D eigenvalue weighted by molar-refractivity contribution is 7.91. The van der Waals surface area contributed by atoms with Crippen LogP contribution in [0, 0.1) is 6.92 Å². The lowest BCUT2D eigenvalue weighted by molar-refractivity contribution is 0.0691. The third kappa shape index (κ3) is 4.72. The molecule has 0 bridgehead atoms. The van der Waals surface area contributed by atoms with Crippen molar-refractivity contribution in [1.29, 1.82) is 0 Å². The summed E-state index contributed by atoms with van der Waals surface area (Å²) in [6, 6.07) is 7.97. The number of anilines is 1. The van der Waals surface area contributed by atoms with Gasteiger partial charge in [0.25, 0.3) is 0 Å². The third-order valence-corrected chi connectivity index (χ3v) is 5.67. The number of nitrogens with zero attached hydrogens (tertiary/aromatic N) is 1. The standard InChI is InChI=1S/C20H19ClN2O5S/c1-3-29(27)17-10-15(24)13-9-11(2)8-12(19(13)28-17)6-7-22-14-4-5-16(21)23-18(14)20(25)26/h4-5,8-10,22H,3,6-7H2,1-2H3,(H,25,26)/t29-/m0/s1. The highest BCUT2D eigenvalue weighted by atomic mass is 35.5. The van der Waals surface area contributed by atoms with Gasteiger partial charge < -0.3 is 19.4 Å². The number of hydrogen-bond donors (Lipinski definition) is 2. The van der Waals surface area contributed by atoms with E-state index in [0.717, 1.165) is 11.1 Å². The van der Waals surface area contributed by atoms with Crippen molar-refractivity contribution in [2.45, 2.75) is 25.4 Å². The van der Waals surface area contributed by atoms with Crippen LogP contribution in [0.1, 0.15) is 28.5 Å². The molecule has 0 fully saturated rings. The molecule has 0 aliphatic carbocycles. The number of carboxylic acid groups (broad SMARTS) is 1. The van der Waals surface area contributed by atoms with Crippen LogP contribution in [-0.2, 0) is 17.6 Å². The zero-order chi connectivity index (χ0) is 21.1. The molecule has 0 spiro atoms. The van der Waals surface area contributed by atoms with E-state index >= 15 is 0 Å². The van der Waals surface area contributed by atoms with Gasteiger partial charge in [-0.2, -0.15) is 0 Å². The number of carbonyl (C=O) groups is 1. The van der Waals surface area contributed by atoms with E-state index < -0.39 is 17.1 Å². The van der Waals surface area contributed by atoms with E-state index in [-0.39, 0.29) is 21.4 Å². The second-order valence-electron chi connectivity index (χ2n) is 6.38. The topological polar surface area (TPSA) is 115 Å². The number of aromatic nitrogens is 1. The van der Waals surface area contributed by atoms with Crippen molar-refractivity contribution in [2.24, 2.45) is 0 Å². The minimum Gasteiger partial charge on any atom is -0.609 e. The Hall–Kier alpha value is -2.55. The van der Waals surface area contributed by atoms with Crippen LogP contribution >= 0.6 is 11.6 Å². The Labute approximate surface area is 174 Å². The summed E-state index contributed by atoms with van der Waals surface area (Å²) >= 11 is 4.39. The highest BCUT2D eigenvalue weighted by Crippen LogP contribution is 2.23. The van der Waals surface area contributed by atoms with E-state index in [1.165, 1.54) is 12.1 Å². The highest BCUT2D eigenvalue weighted by Gasteiger charge is 2.18. The van der Waals surface area contributed by atoms with Gasteiger partial charge in [0.2, 0.25) is 0 Å². The van der Waals surface area contributed by atoms with Gasteiger partial charge in [0.1, 0.15) is 16.5 Å². The SMILES string of the molecule is CC[S@+]([O-])c1cc(=O)c2cc(C)cc(CCNc3ccc(Cl)nc3C(=O)O)c2o1. The first-order valence-corrected chi connectivity index (χ1v) is 10.6. The molecule has 9 heteroatoms. The summed E-state index contributed by atoms with van der Waals surface area (Å²) < 4.78 is 17.9. The molecule has 29 heavy (non-hydrogen) atoms. The van der Waals surface area contributed by atoms with E-state index in [4.69, 9.17) is 16.0 Å². The van der Waals surface area contributed by atoms with Crippen LogP contribution in [0.5, 0.6) is 0 Å². The van der Waals surface area contributed by atoms with E-state index in [2.05, 4.69) is 10.3 Å². The fourth-order valence-electron chi connectivity index (χ4n) is 2.98. The second kappa shape index (κ2) is 8.86. The predicted octanol–water partition coefficient (Wildman–Crippen LogP) is 3.63. The minimum atomic E-state index is -1.38. The fraction of sp³-hybridized carbons (Fsp3) is 0.250. The molecule has 1 atom stereocenters. The van der Waals surface area contributed by atoms with Crippen molar-refractivity contribution < 1.29 is 18.9 Å². The number of hydrogen-bond acceptors (Lipinski definition) is 6. The van der Waals surface area contributed by atoms with Crippen LogP contribution in [0.4, 0.5) is 5.69 Å². The summed E-state index contributed by atoms with van der Waals surface area (Å²) in [5.41, 5.74) is 1.99. The molecule has 3 rings (SSSR count). The van der Waals surface area contributed by atoms with Crippen LogP contribution in [0.25, 0.3) is 11.0 Å². The molecule has 1 aromatic carbocycles. The monoisotopic (exact) mass is 434 g/mol. The number of halogens is 1. The molecular weight excluding hydrogens is 416 g/mol. The molecule has 0 amide bonds. The Balaban J connectivity index is 1.91. The second-order valence-corrected chi connectivity index (χ2v) is 8.43. The molecule has 2 N–H and O–H groups in total. The zero-order valence-corrected chi connectivity index (χ0v) is 17.4. The van der Waals surface area contributed by atoms with Crippen LogP contribution < -0.4 is 10.7 Å². The summed E-state index contributed by atoms with van der Waals surface area (Å²) in [6.07, 6.45) is 0.449. The van der Waals surface area contributed by atoms with Crippen molar-refractivity contribution in [1.82, 2.24) is 4.98 Å². The average Bonchev–Trinajstić information content (AvgIpc) is 2.68. The van der Waals surface area contributed by atoms with Crippen LogP contribution in [0.2, 0.25) is 5.15 Å². The summed E-state index contributed by atoms with van der Waals surface area (Å²) in [5, 5.41) is 13.0. The van der Waals surface area contributed by atoms with Crippen molar-refractivity contribution in [2.75, 3.05) is 17.6 Å². The Morgan fingerprint density at radius 2 is 2.10 bits per heavy atom. The lowest BCUT2D eigenvalue weighted by Gasteiger charge is -2.12. The van der Waals surface area contributed by atoms with Gasteiger partial charge in [-0.3, -0.25) is 4.79 Å². The summed E-state index contributed by atoms with van der Waals surface area (Å²) in [7, 11) is 0. The molecule has 2 aromatic heterocycles. The van der Waals surface area contributed by atoms with Gasteiger partial charge in [0.05, 0.1) is 17.1 Å². The van der Waals surface area contributed by atoms with Gasteiger partial charge >= 0.3 is 11.1 Å². The van der Waals surface area contributed by atoms with Gasteiger partial charge in [-0.15, -0.1) is 0 Å². The maximum Gasteiger partial charge on any atom is 0.356 e. The van der Waals surface area contributed by atoms with Gasteiger partial charge in [-0.05, 0) is 49.6 Å². The quantitative estimate of drug-likeness (QED) is 0.430. The number of nitrogens with one attached hydrogen (secondary N) is 1. The molecule has 0 saturated carbocycles. The fourth-order valence-corrected chi connectivity index (χ4v) is 3.83. The summed E-state index contributed by atoms with van der Waals surface area (Å²) in [6.45, 7) is 3.99. The molecule has 0 saturated heterocycles. The summed E-state index contributed by atoms with van der Waals surface area (Å²) in [4.78, 5) is 27.7. The molecule has 3 aromatic rings. The molecule has 2 heterocycles. The first kappa shape index (κ1) is 21.2. The number of aryl methyl sites for hydroxylation is 1. The number of fused-ring (bicyclic) bond motifs is 1. The summed E-state index contributed by atoms with van der Waals surface area (Å²) in [5.74, 6) is -0.840. The molecule has 7 nitrogen and oxygen atoms in total. The van der Waals surface area contributed by atoms with Crippen molar-refractivity contribution in [3.05, 3.63) is 62.5 Å². The lowest BCUT2D eigenvalue weighted by atomic mass is 10.0. The zero-order valence-electron chi connectivity index (χ0n) is 15.8. The van der Waals surface area contributed by atoms with E-state index in [9.17, 15) is 19.2 Å². The number of carboxylic acids is 1. The van der Waals surface area contributed by atoms with E-state index in [0.29, 0.717) is 35.4 Å². The molecule has 0 aliphatic heterocycles. The van der Waals surface area contributed by atoms with Gasteiger partial charge in [-0.1, -0.05) is 17.7 Å². The minimum absolute atomic E-state index is 0.0934. The van der Waals surface area contributed by atoms with E-state index in [1.54, 1.807) is 19.1 Å². The average molecular weight is 435 g/mol. The smallest absolute Gasteiger partial charge is 0.356 e. The molecular formula is C20H19ClN2O5S. The first-order valence-electron chi connectivity index (χ1n) is 8.89. The predicted molar refractivity (Wildman–Crippen MR) is 113 cm³/mol. The van der Waals surface area contributed by atoms with E-state index in [1.807, 2.05) is 13.0 Å². The number of benzene rings is 1. The number of pyridine rings is 1. The molecule has 0 aliphatic rings. The Kier molecular flexibility index (Phi) is 6.46. The van der Waals surface area contributed by atoms with Crippen molar-refractivity contribution >= 4 is 45.4 Å². The van der Waals surface area contributed by atoms with Crippen LogP contribution in [0.3, 0.4) is 0 Å². The van der Waals surface area contributed by atoms with Crippen LogP contribution in [-0.4, -0.2) is 32.9 Å². The van der Waals surface area contributed by atoms with Crippen LogP contribution in [0.15, 0.2) is 44.6 Å². The van der Waals surface area contributed by atoms with Crippen molar-refractivity contribution in [3.63, 3.8) is 0 Å². The number of aromatic carboxylic acids is 1. The third-order valence-electron chi connectivity index (χ3n) is 4.29. The normalized spacial score (nSPS) is 12.1. The first-order chi connectivity index (χ1) is 13.8. The molecule has 0 unspecified atom stereocenters. The van der Waals surface area contributed by atoms with Crippen molar-refractivity contribution in [3.8, 4) is 0 Å². The number of rotatable bonds is 7. The Bertz CT molecular complexity index is 1130. The molecule has 0 radical (unpaired) electrons. The lowest BCUT2D eigenvalue weighted by Crippen LogP contribution is -2.13. The Morgan fingerprint density at radius 3 is 2.79 bits per heavy atom. The maximum absolute atomic E-state index is 12.5. The van der Waals surface area contributed by atoms with Gasteiger partial charge in [-0.25, -0.2) is 9.78 Å². The van der Waals surface area contributed by atoms with Gasteiger partial charge in [0.15, 0.2) is 11.1 Å². The van der Waals surface area contributed by atoms with Gasteiger partial charge in [0, 0.05) is 17.7 Å². The Morgan fingerprint density at radius 1 is 1.34 bits per heavy atom. The largest absolute Gasteiger partial charge is 0.609 e. The molecule has 152 valence electrons.